The van der Waals surface area contributed by atoms with Crippen molar-refractivity contribution < 1.29 is 18.7 Å². The van der Waals surface area contributed by atoms with Gasteiger partial charge in [0.2, 0.25) is 5.89 Å². The third-order valence-electron chi connectivity index (χ3n) is 3.54. The van der Waals surface area contributed by atoms with Crippen LogP contribution >= 0.6 is 0 Å². The standard InChI is InChI=1S/C20H15N3O4/c21-12-11-14-5-7-15(8-6-14)22-18(24)13-26-20(25)10-9-19-23-16-3-1-2-4-17(16)27-19/h1-10H,11,13H2,(H,22,24)/b10-9+. The minimum absolute atomic E-state index is 0.273. The number of fused-ring (bicyclic) bond motifs is 1. The normalized spacial score (nSPS) is 10.6. The van der Waals surface area contributed by atoms with Crippen LogP contribution < -0.4 is 5.32 Å². The molecule has 2 aromatic carbocycles. The van der Waals surface area contributed by atoms with Crippen LogP contribution in [0, 0.1) is 11.3 Å². The molecule has 0 fully saturated rings. The molecule has 134 valence electrons. The third-order valence-corrected chi connectivity index (χ3v) is 3.54. The maximum atomic E-state index is 11.8. The molecule has 0 aliphatic heterocycles. The predicted molar refractivity (Wildman–Crippen MR) is 98.4 cm³/mol. The zero-order valence-electron chi connectivity index (χ0n) is 14.2. The van der Waals surface area contributed by atoms with Crippen LogP contribution in [0.25, 0.3) is 17.2 Å². The Labute approximate surface area is 154 Å². The number of benzene rings is 2. The van der Waals surface area contributed by atoms with Gasteiger partial charge in [0.25, 0.3) is 5.91 Å². The van der Waals surface area contributed by atoms with Gasteiger partial charge in [0.15, 0.2) is 12.2 Å². The summed E-state index contributed by atoms with van der Waals surface area (Å²) >= 11 is 0. The smallest absolute Gasteiger partial charge is 0.331 e. The molecular weight excluding hydrogens is 346 g/mol. The van der Waals surface area contributed by atoms with Crippen molar-refractivity contribution in [3.63, 3.8) is 0 Å². The predicted octanol–water partition coefficient (Wildman–Crippen LogP) is 3.09. The van der Waals surface area contributed by atoms with Crippen LogP contribution in [0.2, 0.25) is 0 Å². The lowest BCUT2D eigenvalue weighted by Crippen LogP contribution is -2.20. The Balaban J connectivity index is 1.48. The van der Waals surface area contributed by atoms with Crippen LogP contribution in [0.15, 0.2) is 59.0 Å². The number of rotatable bonds is 6. The molecule has 3 aromatic rings. The molecule has 1 amide bonds. The van der Waals surface area contributed by atoms with E-state index in [4.69, 9.17) is 14.4 Å². The number of anilines is 1. The molecule has 1 N–H and O–H groups in total. The van der Waals surface area contributed by atoms with E-state index in [0.29, 0.717) is 23.2 Å². The van der Waals surface area contributed by atoms with E-state index in [1.807, 2.05) is 18.2 Å². The summed E-state index contributed by atoms with van der Waals surface area (Å²) in [5, 5.41) is 11.2. The van der Waals surface area contributed by atoms with Crippen molar-refractivity contribution in [2.24, 2.45) is 0 Å². The summed E-state index contributed by atoms with van der Waals surface area (Å²) in [6.07, 6.45) is 2.83. The molecule has 1 heterocycles. The maximum Gasteiger partial charge on any atom is 0.331 e. The first-order valence-electron chi connectivity index (χ1n) is 8.10. The maximum absolute atomic E-state index is 11.8. The topological polar surface area (TPSA) is 105 Å². The summed E-state index contributed by atoms with van der Waals surface area (Å²) in [5.41, 5.74) is 2.71. The number of carbonyl (C=O) groups is 2. The van der Waals surface area contributed by atoms with Crippen molar-refractivity contribution in [2.75, 3.05) is 11.9 Å². The number of para-hydroxylation sites is 2. The highest BCUT2D eigenvalue weighted by Gasteiger charge is 2.07. The second-order valence-corrected chi connectivity index (χ2v) is 5.54. The molecule has 7 heteroatoms. The first kappa shape index (κ1) is 17.9. The minimum Gasteiger partial charge on any atom is -0.452 e. The molecule has 27 heavy (non-hydrogen) atoms. The van der Waals surface area contributed by atoms with E-state index in [1.165, 1.54) is 6.08 Å². The lowest BCUT2D eigenvalue weighted by atomic mass is 10.1. The van der Waals surface area contributed by atoms with Gasteiger partial charge in [-0.2, -0.15) is 5.26 Å². The van der Waals surface area contributed by atoms with Gasteiger partial charge in [-0.3, -0.25) is 4.79 Å². The molecule has 0 unspecified atom stereocenters. The highest BCUT2D eigenvalue weighted by atomic mass is 16.5. The van der Waals surface area contributed by atoms with Gasteiger partial charge in [-0.05, 0) is 29.8 Å². The van der Waals surface area contributed by atoms with Crippen molar-refractivity contribution in [3.8, 4) is 6.07 Å². The Morgan fingerprint density at radius 2 is 1.96 bits per heavy atom. The van der Waals surface area contributed by atoms with Crippen molar-refractivity contribution in [2.45, 2.75) is 6.42 Å². The fourth-order valence-corrected chi connectivity index (χ4v) is 2.28. The Bertz CT molecular complexity index is 996. The Morgan fingerprint density at radius 1 is 1.19 bits per heavy atom. The summed E-state index contributed by atoms with van der Waals surface area (Å²) in [6, 6.07) is 16.1. The number of oxazole rings is 1. The highest BCUT2D eigenvalue weighted by Crippen LogP contribution is 2.15. The van der Waals surface area contributed by atoms with Crippen molar-refractivity contribution >= 4 is 34.7 Å². The molecule has 0 radical (unpaired) electrons. The van der Waals surface area contributed by atoms with Gasteiger partial charge < -0.3 is 14.5 Å². The number of nitriles is 1. The number of nitrogens with one attached hydrogen (secondary N) is 1. The number of ether oxygens (including phenoxy) is 1. The number of hydrogen-bond acceptors (Lipinski definition) is 6. The third kappa shape index (κ3) is 5.03. The van der Waals surface area contributed by atoms with Crippen molar-refractivity contribution in [1.82, 2.24) is 4.98 Å². The van der Waals surface area contributed by atoms with E-state index in [2.05, 4.69) is 10.3 Å². The average Bonchev–Trinajstić information content (AvgIpc) is 3.09. The molecule has 0 spiro atoms. The average molecular weight is 361 g/mol. The molecular formula is C20H15N3O4. The minimum atomic E-state index is -0.684. The summed E-state index contributed by atoms with van der Waals surface area (Å²) in [4.78, 5) is 27.7. The van der Waals surface area contributed by atoms with E-state index >= 15 is 0 Å². The number of hydrogen-bond donors (Lipinski definition) is 1. The van der Waals surface area contributed by atoms with Crippen molar-refractivity contribution in [1.29, 1.82) is 5.26 Å². The quantitative estimate of drug-likeness (QED) is 0.534. The SMILES string of the molecule is N#CCc1ccc(NC(=O)COC(=O)/C=C/c2nc3ccccc3o2)cc1. The van der Waals surface area contributed by atoms with E-state index < -0.39 is 18.5 Å². The summed E-state index contributed by atoms with van der Waals surface area (Å²) in [5.74, 6) is -0.876. The lowest BCUT2D eigenvalue weighted by molar-refractivity contribution is -0.142. The van der Waals surface area contributed by atoms with Gasteiger partial charge >= 0.3 is 5.97 Å². The number of nitrogens with zero attached hydrogens (tertiary/aromatic N) is 2. The summed E-state index contributed by atoms with van der Waals surface area (Å²) in [6.45, 7) is -0.420. The monoisotopic (exact) mass is 361 g/mol. The van der Waals surface area contributed by atoms with Crippen molar-refractivity contribution in [3.05, 3.63) is 66.1 Å². The van der Waals surface area contributed by atoms with E-state index in [-0.39, 0.29) is 5.89 Å². The Kier molecular flexibility index (Phi) is 5.60. The summed E-state index contributed by atoms with van der Waals surface area (Å²) in [7, 11) is 0. The van der Waals surface area contributed by atoms with E-state index in [1.54, 1.807) is 36.4 Å². The van der Waals surface area contributed by atoms with Crippen LogP contribution in [0.4, 0.5) is 5.69 Å². The molecule has 1 aromatic heterocycles. The number of amides is 1. The number of esters is 1. The van der Waals surface area contributed by atoms with Gasteiger partial charge in [0.1, 0.15) is 5.52 Å². The molecule has 0 atom stereocenters. The molecule has 3 rings (SSSR count). The molecule has 0 aliphatic carbocycles. The lowest BCUT2D eigenvalue weighted by Gasteiger charge is -2.05. The van der Waals surface area contributed by atoms with E-state index in [0.717, 1.165) is 11.6 Å². The molecule has 0 saturated carbocycles. The van der Waals surface area contributed by atoms with Crippen LogP contribution in [0.5, 0.6) is 0 Å². The van der Waals surface area contributed by atoms with Crippen LogP contribution in [-0.2, 0) is 20.7 Å². The molecule has 0 aliphatic rings. The first-order chi connectivity index (χ1) is 13.1. The second-order valence-electron chi connectivity index (χ2n) is 5.54. The van der Waals surface area contributed by atoms with Crippen LogP contribution in [0.1, 0.15) is 11.5 Å². The number of aromatic nitrogens is 1. The number of carbonyl (C=O) groups excluding carboxylic acids is 2. The fourth-order valence-electron chi connectivity index (χ4n) is 2.28. The Morgan fingerprint density at radius 3 is 2.70 bits per heavy atom. The largest absolute Gasteiger partial charge is 0.452 e. The first-order valence-corrected chi connectivity index (χ1v) is 8.10. The molecule has 0 saturated heterocycles. The highest BCUT2D eigenvalue weighted by molar-refractivity contribution is 5.94. The Hall–Kier alpha value is -3.92. The van der Waals surface area contributed by atoms with Crippen LogP contribution in [-0.4, -0.2) is 23.5 Å². The van der Waals surface area contributed by atoms with Gasteiger partial charge in [0.05, 0.1) is 12.5 Å². The zero-order valence-corrected chi connectivity index (χ0v) is 14.2. The van der Waals surface area contributed by atoms with Gasteiger partial charge in [0, 0.05) is 17.8 Å². The van der Waals surface area contributed by atoms with Crippen LogP contribution in [0.3, 0.4) is 0 Å². The van der Waals surface area contributed by atoms with Gasteiger partial charge in [-0.25, -0.2) is 9.78 Å². The van der Waals surface area contributed by atoms with E-state index in [9.17, 15) is 9.59 Å². The molecule has 7 nitrogen and oxygen atoms in total. The fraction of sp³-hybridized carbons (Fsp3) is 0.100. The second kappa shape index (κ2) is 8.45. The molecule has 0 bridgehead atoms. The summed E-state index contributed by atoms with van der Waals surface area (Å²) < 4.78 is 10.3. The van der Waals surface area contributed by atoms with Gasteiger partial charge in [-0.1, -0.05) is 24.3 Å². The van der Waals surface area contributed by atoms with Gasteiger partial charge in [-0.15, -0.1) is 0 Å². The zero-order chi connectivity index (χ0) is 19.1.